The summed E-state index contributed by atoms with van der Waals surface area (Å²) in [7, 11) is 3.99. The zero-order valence-corrected chi connectivity index (χ0v) is 11.4. The van der Waals surface area contributed by atoms with Crippen molar-refractivity contribution < 1.29 is 4.92 Å². The van der Waals surface area contributed by atoms with Crippen LogP contribution in [-0.4, -0.2) is 24.0 Å². The molecule has 5 heteroatoms. The molecule has 0 fully saturated rings. The third kappa shape index (κ3) is 3.41. The molecular formula is C15H15N3O2. The number of nitrogens with zero attached hydrogens (tertiary/aromatic N) is 3. The number of anilines is 1. The Balaban J connectivity index is 2.10. The highest BCUT2D eigenvalue weighted by Gasteiger charge is 2.04. The van der Waals surface area contributed by atoms with Crippen molar-refractivity contribution in [3.63, 3.8) is 0 Å². The molecule has 0 N–H and O–H groups in total. The monoisotopic (exact) mass is 269 g/mol. The zero-order valence-electron chi connectivity index (χ0n) is 11.4. The van der Waals surface area contributed by atoms with E-state index in [0.717, 1.165) is 16.8 Å². The Kier molecular flexibility index (Phi) is 4.10. The fourth-order valence-corrected chi connectivity index (χ4v) is 1.68. The molecule has 0 atom stereocenters. The molecule has 0 unspecified atom stereocenters. The lowest BCUT2D eigenvalue weighted by molar-refractivity contribution is -0.389. The summed E-state index contributed by atoms with van der Waals surface area (Å²) in [6.07, 6.45) is 5.31. The summed E-state index contributed by atoms with van der Waals surface area (Å²) < 4.78 is 0. The summed E-state index contributed by atoms with van der Waals surface area (Å²) in [5.41, 5.74) is 3.03. The molecule has 0 aliphatic carbocycles. The molecule has 20 heavy (non-hydrogen) atoms. The van der Waals surface area contributed by atoms with Crippen LogP contribution in [0.4, 0.5) is 11.5 Å². The Morgan fingerprint density at radius 2 is 1.65 bits per heavy atom. The molecule has 1 aromatic carbocycles. The average molecular weight is 269 g/mol. The Bertz CT molecular complexity index is 617. The third-order valence-electron chi connectivity index (χ3n) is 2.84. The van der Waals surface area contributed by atoms with Crippen LogP contribution in [0.1, 0.15) is 11.1 Å². The lowest BCUT2D eigenvalue weighted by atomic mass is 10.1. The molecule has 2 aromatic rings. The van der Waals surface area contributed by atoms with Gasteiger partial charge in [0.05, 0.1) is 0 Å². The minimum atomic E-state index is -0.506. The number of rotatable bonds is 4. The Labute approximate surface area is 117 Å². The van der Waals surface area contributed by atoms with Crippen molar-refractivity contribution in [1.82, 2.24) is 4.98 Å². The summed E-state index contributed by atoms with van der Waals surface area (Å²) in [6.45, 7) is 0. The van der Waals surface area contributed by atoms with Crippen LogP contribution in [0.3, 0.4) is 0 Å². The number of pyridine rings is 1. The van der Waals surface area contributed by atoms with E-state index < -0.39 is 4.92 Å². The Morgan fingerprint density at radius 1 is 1.05 bits per heavy atom. The van der Waals surface area contributed by atoms with E-state index in [4.69, 9.17) is 0 Å². The van der Waals surface area contributed by atoms with E-state index in [0.29, 0.717) is 0 Å². The zero-order chi connectivity index (χ0) is 14.5. The third-order valence-corrected chi connectivity index (χ3v) is 2.84. The van der Waals surface area contributed by atoms with Crippen molar-refractivity contribution in [1.29, 1.82) is 0 Å². The molecule has 0 amide bonds. The largest absolute Gasteiger partial charge is 0.378 e. The van der Waals surface area contributed by atoms with Gasteiger partial charge >= 0.3 is 5.82 Å². The number of nitro groups is 1. The summed E-state index contributed by atoms with van der Waals surface area (Å²) in [5, 5.41) is 10.5. The van der Waals surface area contributed by atoms with Crippen LogP contribution in [-0.2, 0) is 0 Å². The Morgan fingerprint density at radius 3 is 2.15 bits per heavy atom. The minimum absolute atomic E-state index is 0.141. The smallest absolute Gasteiger partial charge is 0.363 e. The maximum absolute atomic E-state index is 10.5. The fourth-order valence-electron chi connectivity index (χ4n) is 1.68. The molecule has 0 spiro atoms. The summed E-state index contributed by atoms with van der Waals surface area (Å²) in [4.78, 5) is 15.8. The van der Waals surface area contributed by atoms with E-state index >= 15 is 0 Å². The molecule has 5 nitrogen and oxygen atoms in total. The van der Waals surface area contributed by atoms with Gasteiger partial charge in [-0.25, -0.2) is 0 Å². The van der Waals surface area contributed by atoms with E-state index in [1.165, 1.54) is 12.3 Å². The van der Waals surface area contributed by atoms with E-state index in [1.54, 1.807) is 6.07 Å². The van der Waals surface area contributed by atoms with Gasteiger partial charge in [0.25, 0.3) is 0 Å². The van der Waals surface area contributed by atoms with Gasteiger partial charge in [-0.05, 0) is 33.7 Å². The van der Waals surface area contributed by atoms with Gasteiger partial charge in [-0.3, -0.25) is 0 Å². The quantitative estimate of drug-likeness (QED) is 0.631. The number of aromatic nitrogens is 1. The summed E-state index contributed by atoms with van der Waals surface area (Å²) >= 11 is 0. The summed E-state index contributed by atoms with van der Waals surface area (Å²) in [6, 6.07) is 11.2. The number of benzene rings is 1. The van der Waals surface area contributed by atoms with Crippen molar-refractivity contribution in [2.24, 2.45) is 0 Å². The minimum Gasteiger partial charge on any atom is -0.378 e. The van der Waals surface area contributed by atoms with E-state index in [2.05, 4.69) is 4.98 Å². The lowest BCUT2D eigenvalue weighted by Gasteiger charge is -2.11. The molecule has 0 aliphatic heterocycles. The van der Waals surface area contributed by atoms with Crippen LogP contribution < -0.4 is 4.90 Å². The van der Waals surface area contributed by atoms with Gasteiger partial charge in [-0.2, -0.15) is 0 Å². The predicted octanol–water partition coefficient (Wildman–Crippen LogP) is 3.23. The van der Waals surface area contributed by atoms with Crippen LogP contribution in [0.15, 0.2) is 42.6 Å². The average Bonchev–Trinajstić information content (AvgIpc) is 2.46. The van der Waals surface area contributed by atoms with Crippen molar-refractivity contribution >= 4 is 23.7 Å². The van der Waals surface area contributed by atoms with Crippen LogP contribution in [0, 0.1) is 10.1 Å². The molecule has 0 bridgehead atoms. The van der Waals surface area contributed by atoms with Gasteiger partial charge in [0.1, 0.15) is 6.20 Å². The second-order valence-electron chi connectivity index (χ2n) is 4.53. The Hall–Kier alpha value is -2.69. The van der Waals surface area contributed by atoms with Gasteiger partial charge in [-0.15, -0.1) is 0 Å². The first-order chi connectivity index (χ1) is 9.56. The topological polar surface area (TPSA) is 59.3 Å². The maximum atomic E-state index is 10.5. The molecule has 0 radical (unpaired) electrons. The molecular weight excluding hydrogens is 254 g/mol. The van der Waals surface area contributed by atoms with Crippen molar-refractivity contribution in [2.45, 2.75) is 0 Å². The number of hydrogen-bond donors (Lipinski definition) is 0. The predicted molar refractivity (Wildman–Crippen MR) is 80.6 cm³/mol. The van der Waals surface area contributed by atoms with Crippen LogP contribution in [0.2, 0.25) is 0 Å². The molecule has 102 valence electrons. The molecule has 2 rings (SSSR count). The SMILES string of the molecule is CN(C)c1ccc(/C=C/c2ccc([N+](=O)[O-])nc2)cc1. The normalized spacial score (nSPS) is 10.7. The highest BCUT2D eigenvalue weighted by molar-refractivity contribution is 5.70. The fraction of sp³-hybridized carbons (Fsp3) is 0.133. The van der Waals surface area contributed by atoms with Crippen LogP contribution >= 0.6 is 0 Å². The molecule has 1 aromatic heterocycles. The van der Waals surface area contributed by atoms with Crippen molar-refractivity contribution in [3.05, 3.63) is 63.8 Å². The van der Waals surface area contributed by atoms with Gasteiger partial charge in [0, 0.05) is 31.4 Å². The summed E-state index contributed by atoms with van der Waals surface area (Å²) in [5.74, 6) is -0.141. The van der Waals surface area contributed by atoms with Gasteiger partial charge in [0.15, 0.2) is 0 Å². The highest BCUT2D eigenvalue weighted by Crippen LogP contribution is 2.15. The van der Waals surface area contributed by atoms with E-state index in [-0.39, 0.29) is 5.82 Å². The van der Waals surface area contributed by atoms with Crippen LogP contribution in [0.5, 0.6) is 0 Å². The highest BCUT2D eigenvalue weighted by atomic mass is 16.6. The van der Waals surface area contributed by atoms with Gasteiger partial charge < -0.3 is 15.0 Å². The molecule has 1 heterocycles. The molecule has 0 saturated carbocycles. The van der Waals surface area contributed by atoms with Crippen molar-refractivity contribution in [2.75, 3.05) is 19.0 Å². The van der Waals surface area contributed by atoms with Gasteiger partial charge in [0.2, 0.25) is 0 Å². The standard InChI is InChI=1S/C15H15N3O2/c1-17(2)14-8-5-12(6-9-14)3-4-13-7-10-15(16-11-13)18(19)20/h3-11H,1-2H3/b4-3+. The van der Waals surface area contributed by atoms with E-state index in [1.807, 2.05) is 55.4 Å². The first-order valence-electron chi connectivity index (χ1n) is 6.12. The first-order valence-corrected chi connectivity index (χ1v) is 6.12. The number of hydrogen-bond acceptors (Lipinski definition) is 4. The van der Waals surface area contributed by atoms with Crippen LogP contribution in [0.25, 0.3) is 12.2 Å². The van der Waals surface area contributed by atoms with E-state index in [9.17, 15) is 10.1 Å². The lowest BCUT2D eigenvalue weighted by Crippen LogP contribution is -2.07. The second-order valence-corrected chi connectivity index (χ2v) is 4.53. The molecule has 0 saturated heterocycles. The maximum Gasteiger partial charge on any atom is 0.363 e. The molecule has 0 aliphatic rings. The van der Waals surface area contributed by atoms with Crippen molar-refractivity contribution in [3.8, 4) is 0 Å². The van der Waals surface area contributed by atoms with Gasteiger partial charge in [-0.1, -0.05) is 24.3 Å². The first kappa shape index (κ1) is 13.7. The second kappa shape index (κ2) is 5.97.